The van der Waals surface area contributed by atoms with E-state index in [-0.39, 0.29) is 6.04 Å². The fraction of sp³-hybridized carbons (Fsp3) is 0.267. The second kappa shape index (κ2) is 6.04. The van der Waals surface area contributed by atoms with Gasteiger partial charge in [-0.15, -0.1) is 0 Å². The van der Waals surface area contributed by atoms with E-state index in [9.17, 15) is 0 Å². The number of hydrogen-bond donors (Lipinski definition) is 1. The maximum Gasteiger partial charge on any atom is 0.124 e. The molecule has 1 atom stereocenters. The van der Waals surface area contributed by atoms with Crippen LogP contribution in [0, 0.1) is 6.92 Å². The van der Waals surface area contributed by atoms with Gasteiger partial charge in [0.2, 0.25) is 0 Å². The maximum atomic E-state index is 6.06. The molecule has 4 heteroatoms. The molecule has 2 N–H and O–H groups in total. The Balaban J connectivity index is 2.19. The van der Waals surface area contributed by atoms with E-state index in [1.165, 1.54) is 0 Å². The molecule has 0 fully saturated rings. The van der Waals surface area contributed by atoms with Gasteiger partial charge in [0.15, 0.2) is 0 Å². The lowest BCUT2D eigenvalue weighted by Crippen LogP contribution is -2.08. The molecule has 3 nitrogen and oxygen atoms in total. The third-order valence-electron chi connectivity index (χ3n) is 2.90. The highest BCUT2D eigenvalue weighted by Crippen LogP contribution is 2.26. The van der Waals surface area contributed by atoms with Crippen molar-refractivity contribution < 1.29 is 4.74 Å². The number of hydrogen-bond acceptors (Lipinski definition) is 3. The van der Waals surface area contributed by atoms with Gasteiger partial charge in [-0.05, 0) is 31.5 Å². The maximum absolute atomic E-state index is 6.06. The van der Waals surface area contributed by atoms with Crippen LogP contribution in [-0.2, 0) is 6.61 Å². The molecule has 19 heavy (non-hydrogen) atoms. The molecule has 0 aliphatic rings. The lowest BCUT2D eigenvalue weighted by Gasteiger charge is -2.15. The van der Waals surface area contributed by atoms with Crippen LogP contribution in [0.4, 0.5) is 0 Å². The Morgan fingerprint density at radius 3 is 2.84 bits per heavy atom. The summed E-state index contributed by atoms with van der Waals surface area (Å²) in [5.41, 5.74) is 8.99. The first kappa shape index (κ1) is 13.8. The smallest absolute Gasteiger partial charge is 0.124 e. The van der Waals surface area contributed by atoms with Gasteiger partial charge in [0.05, 0.1) is 5.02 Å². The quantitative estimate of drug-likeness (QED) is 0.927. The van der Waals surface area contributed by atoms with Gasteiger partial charge in [-0.1, -0.05) is 23.7 Å². The molecule has 0 spiro atoms. The molecular formula is C15H17ClN2O. The summed E-state index contributed by atoms with van der Waals surface area (Å²) >= 11 is 6.06. The summed E-state index contributed by atoms with van der Waals surface area (Å²) in [4.78, 5) is 3.95. The van der Waals surface area contributed by atoms with E-state index >= 15 is 0 Å². The van der Waals surface area contributed by atoms with Crippen LogP contribution < -0.4 is 10.5 Å². The molecule has 0 unspecified atom stereocenters. The number of pyridine rings is 1. The molecule has 0 saturated carbocycles. The summed E-state index contributed by atoms with van der Waals surface area (Å²) in [5, 5.41) is 0.609. The minimum atomic E-state index is -0.0662. The first-order chi connectivity index (χ1) is 9.08. The van der Waals surface area contributed by atoms with Crippen molar-refractivity contribution in [2.75, 3.05) is 0 Å². The van der Waals surface area contributed by atoms with Gasteiger partial charge in [-0.2, -0.15) is 0 Å². The molecule has 1 aromatic carbocycles. The second-order valence-electron chi connectivity index (χ2n) is 4.59. The molecule has 0 bridgehead atoms. The van der Waals surface area contributed by atoms with Crippen LogP contribution >= 0.6 is 11.6 Å². The van der Waals surface area contributed by atoms with E-state index in [4.69, 9.17) is 22.1 Å². The number of rotatable bonds is 4. The number of nitrogens with two attached hydrogens (primary N) is 1. The number of halogens is 1. The van der Waals surface area contributed by atoms with E-state index < -0.39 is 0 Å². The Morgan fingerprint density at radius 1 is 1.37 bits per heavy atom. The molecule has 0 saturated heterocycles. The molecule has 1 heterocycles. The van der Waals surface area contributed by atoms with Gasteiger partial charge >= 0.3 is 0 Å². The monoisotopic (exact) mass is 276 g/mol. The summed E-state index contributed by atoms with van der Waals surface area (Å²) in [6.07, 6.45) is 3.32. The van der Waals surface area contributed by atoms with Crippen molar-refractivity contribution in [2.24, 2.45) is 5.73 Å². The standard InChI is InChI=1S/C15H17ClN2O/c1-10-3-4-13(11(2)17)15(7-10)19-9-12-5-6-18-8-14(12)16/h3-8,11H,9,17H2,1-2H3/t11-/m1/s1. The zero-order valence-corrected chi connectivity index (χ0v) is 11.8. The average Bonchev–Trinajstić information content (AvgIpc) is 2.37. The predicted octanol–water partition coefficient (Wildman–Crippen LogP) is 3.64. The highest BCUT2D eigenvalue weighted by molar-refractivity contribution is 6.31. The van der Waals surface area contributed by atoms with E-state index in [0.717, 1.165) is 22.4 Å². The van der Waals surface area contributed by atoms with Gasteiger partial charge in [0.25, 0.3) is 0 Å². The van der Waals surface area contributed by atoms with Crippen molar-refractivity contribution in [2.45, 2.75) is 26.5 Å². The van der Waals surface area contributed by atoms with Crippen LogP contribution in [0.3, 0.4) is 0 Å². The predicted molar refractivity (Wildman–Crippen MR) is 77.4 cm³/mol. The Bertz CT molecular complexity index is 570. The Morgan fingerprint density at radius 2 is 2.16 bits per heavy atom. The van der Waals surface area contributed by atoms with Crippen molar-refractivity contribution in [3.05, 3.63) is 58.4 Å². The third-order valence-corrected chi connectivity index (χ3v) is 3.24. The summed E-state index contributed by atoms with van der Waals surface area (Å²) < 4.78 is 5.85. The molecule has 2 rings (SSSR count). The molecule has 0 aliphatic heterocycles. The molecule has 0 aliphatic carbocycles. The largest absolute Gasteiger partial charge is 0.488 e. The molecule has 2 aromatic rings. The summed E-state index contributed by atoms with van der Waals surface area (Å²) in [6, 6.07) is 7.81. The van der Waals surface area contributed by atoms with Crippen LogP contribution in [0.15, 0.2) is 36.7 Å². The van der Waals surface area contributed by atoms with E-state index in [1.54, 1.807) is 12.4 Å². The zero-order valence-electron chi connectivity index (χ0n) is 11.1. The van der Waals surface area contributed by atoms with Crippen molar-refractivity contribution in [3.63, 3.8) is 0 Å². The molecule has 0 radical (unpaired) electrons. The minimum absolute atomic E-state index is 0.0662. The Labute approximate surface area is 118 Å². The molecule has 1 aromatic heterocycles. The summed E-state index contributed by atoms with van der Waals surface area (Å²) in [6.45, 7) is 4.37. The van der Waals surface area contributed by atoms with Gasteiger partial charge in [-0.3, -0.25) is 4.98 Å². The Hall–Kier alpha value is -1.58. The first-order valence-electron chi connectivity index (χ1n) is 6.15. The minimum Gasteiger partial charge on any atom is -0.488 e. The fourth-order valence-corrected chi connectivity index (χ4v) is 1.99. The molecule has 100 valence electrons. The highest BCUT2D eigenvalue weighted by atomic mass is 35.5. The lowest BCUT2D eigenvalue weighted by molar-refractivity contribution is 0.301. The molecular weight excluding hydrogens is 260 g/mol. The van der Waals surface area contributed by atoms with Crippen LogP contribution in [-0.4, -0.2) is 4.98 Å². The van der Waals surface area contributed by atoms with Crippen molar-refractivity contribution in [3.8, 4) is 5.75 Å². The Kier molecular flexibility index (Phi) is 4.40. The number of ether oxygens (including phenoxy) is 1. The highest BCUT2D eigenvalue weighted by Gasteiger charge is 2.09. The lowest BCUT2D eigenvalue weighted by atomic mass is 10.1. The van der Waals surface area contributed by atoms with Gasteiger partial charge in [0.1, 0.15) is 12.4 Å². The van der Waals surface area contributed by atoms with Gasteiger partial charge in [-0.25, -0.2) is 0 Å². The number of aryl methyl sites for hydroxylation is 1. The zero-order chi connectivity index (χ0) is 13.8. The van der Waals surface area contributed by atoms with Crippen LogP contribution in [0.5, 0.6) is 5.75 Å². The van der Waals surface area contributed by atoms with Crippen molar-refractivity contribution >= 4 is 11.6 Å². The SMILES string of the molecule is Cc1ccc([C@@H](C)N)c(OCc2ccncc2Cl)c1. The van der Waals surface area contributed by atoms with Crippen molar-refractivity contribution in [1.29, 1.82) is 0 Å². The number of aromatic nitrogens is 1. The fourth-order valence-electron chi connectivity index (χ4n) is 1.82. The topological polar surface area (TPSA) is 48.1 Å². The van der Waals surface area contributed by atoms with Gasteiger partial charge < -0.3 is 10.5 Å². The second-order valence-corrected chi connectivity index (χ2v) is 4.99. The third kappa shape index (κ3) is 3.46. The van der Waals surface area contributed by atoms with Crippen LogP contribution in [0.2, 0.25) is 5.02 Å². The van der Waals surface area contributed by atoms with Crippen LogP contribution in [0.25, 0.3) is 0 Å². The van der Waals surface area contributed by atoms with Crippen LogP contribution in [0.1, 0.15) is 29.7 Å². The molecule has 0 amide bonds. The van der Waals surface area contributed by atoms with Crippen molar-refractivity contribution in [1.82, 2.24) is 4.98 Å². The number of nitrogens with zero attached hydrogens (tertiary/aromatic N) is 1. The van der Waals surface area contributed by atoms with E-state index in [2.05, 4.69) is 4.98 Å². The first-order valence-corrected chi connectivity index (χ1v) is 6.53. The number of benzene rings is 1. The summed E-state index contributed by atoms with van der Waals surface area (Å²) in [7, 11) is 0. The van der Waals surface area contributed by atoms with Gasteiger partial charge in [0, 0.05) is 29.6 Å². The van der Waals surface area contributed by atoms with E-state index in [1.807, 2.05) is 38.1 Å². The summed E-state index contributed by atoms with van der Waals surface area (Å²) in [5.74, 6) is 0.808. The average molecular weight is 277 g/mol. The van der Waals surface area contributed by atoms with E-state index in [0.29, 0.717) is 11.6 Å². The normalized spacial score (nSPS) is 12.2.